The van der Waals surface area contributed by atoms with Gasteiger partial charge in [0.25, 0.3) is 0 Å². The Balaban J connectivity index is 4.10. The Labute approximate surface area is 104 Å². The zero-order valence-corrected chi connectivity index (χ0v) is 10.7. The van der Waals surface area contributed by atoms with E-state index < -0.39 is 18.0 Å². The predicted molar refractivity (Wildman–Crippen MR) is 63.8 cm³/mol. The lowest BCUT2D eigenvalue weighted by atomic mass is 10.1. The van der Waals surface area contributed by atoms with Gasteiger partial charge in [0, 0.05) is 18.6 Å². The van der Waals surface area contributed by atoms with Gasteiger partial charge >= 0.3 is 11.9 Å². The van der Waals surface area contributed by atoms with E-state index in [0.717, 1.165) is 0 Å². The second kappa shape index (κ2) is 8.86. The van der Waals surface area contributed by atoms with Gasteiger partial charge in [0.15, 0.2) is 0 Å². The van der Waals surface area contributed by atoms with Crippen molar-refractivity contribution in [2.24, 2.45) is 0 Å². The number of carboxylic acid groups (broad SMARTS) is 1. The molecule has 0 saturated carbocycles. The Bertz CT molecular complexity index is 282. The first-order chi connectivity index (χ1) is 8.01. The molecule has 0 fully saturated rings. The van der Waals surface area contributed by atoms with Crippen LogP contribution >= 0.6 is 11.8 Å². The number of carbonyl (C=O) groups is 3. The van der Waals surface area contributed by atoms with Gasteiger partial charge in [0.05, 0.1) is 7.11 Å². The minimum atomic E-state index is -1.15. The van der Waals surface area contributed by atoms with E-state index in [2.05, 4.69) is 10.1 Å². The van der Waals surface area contributed by atoms with Crippen molar-refractivity contribution in [2.75, 3.05) is 19.1 Å². The quantitative estimate of drug-likeness (QED) is 0.610. The average Bonchev–Trinajstić information content (AvgIpc) is 2.30. The van der Waals surface area contributed by atoms with E-state index in [9.17, 15) is 14.4 Å². The zero-order chi connectivity index (χ0) is 13.3. The van der Waals surface area contributed by atoms with Crippen LogP contribution in [0.2, 0.25) is 0 Å². The van der Waals surface area contributed by atoms with Gasteiger partial charge in [0.2, 0.25) is 5.91 Å². The van der Waals surface area contributed by atoms with Crippen LogP contribution in [0.15, 0.2) is 0 Å². The highest BCUT2D eigenvalue weighted by Crippen LogP contribution is 2.01. The molecule has 7 heteroatoms. The number of rotatable bonds is 8. The van der Waals surface area contributed by atoms with Crippen LogP contribution in [0.5, 0.6) is 0 Å². The fraction of sp³-hybridized carbons (Fsp3) is 0.700. The largest absolute Gasteiger partial charge is 0.480 e. The minimum Gasteiger partial charge on any atom is -0.480 e. The summed E-state index contributed by atoms with van der Waals surface area (Å²) in [5.74, 6) is -1.33. The lowest BCUT2D eigenvalue weighted by Crippen LogP contribution is -2.41. The number of methoxy groups -OCH3 is 1. The van der Waals surface area contributed by atoms with Gasteiger partial charge in [-0.15, -0.1) is 0 Å². The van der Waals surface area contributed by atoms with Crippen LogP contribution in [0.4, 0.5) is 0 Å². The molecule has 0 aliphatic heterocycles. The highest BCUT2D eigenvalue weighted by Gasteiger charge is 2.20. The Morgan fingerprint density at radius 1 is 1.35 bits per heavy atom. The zero-order valence-electron chi connectivity index (χ0n) is 9.89. The molecule has 0 radical (unpaired) electrons. The fourth-order valence-corrected chi connectivity index (χ4v) is 1.47. The van der Waals surface area contributed by atoms with Gasteiger partial charge in [-0.3, -0.25) is 9.59 Å². The van der Waals surface area contributed by atoms with Crippen LogP contribution < -0.4 is 5.32 Å². The van der Waals surface area contributed by atoms with Crippen molar-refractivity contribution in [3.05, 3.63) is 0 Å². The number of thioether (sulfide) groups is 1. The molecule has 0 rings (SSSR count). The molecular weight excluding hydrogens is 246 g/mol. The van der Waals surface area contributed by atoms with Gasteiger partial charge < -0.3 is 15.2 Å². The second-order valence-corrected chi connectivity index (χ2v) is 4.30. The van der Waals surface area contributed by atoms with Crippen LogP contribution in [0, 0.1) is 0 Å². The molecule has 0 saturated heterocycles. The van der Waals surface area contributed by atoms with Gasteiger partial charge in [0.1, 0.15) is 6.04 Å². The second-order valence-electron chi connectivity index (χ2n) is 3.32. The summed E-state index contributed by atoms with van der Waals surface area (Å²) in [6.07, 6.45) is 2.13. The Morgan fingerprint density at radius 2 is 2.00 bits per heavy atom. The molecule has 0 aromatic rings. The van der Waals surface area contributed by atoms with Crippen LogP contribution in [0.3, 0.4) is 0 Å². The minimum absolute atomic E-state index is 0.0315. The van der Waals surface area contributed by atoms with Crippen molar-refractivity contribution in [3.8, 4) is 0 Å². The summed E-state index contributed by atoms with van der Waals surface area (Å²) in [6.45, 7) is 0. The molecule has 0 spiro atoms. The number of carbonyl (C=O) groups excluding carboxylic acids is 2. The summed E-state index contributed by atoms with van der Waals surface area (Å²) >= 11 is 1.50. The normalized spacial score (nSPS) is 11.6. The Kier molecular flexibility index (Phi) is 8.21. The van der Waals surface area contributed by atoms with Gasteiger partial charge in [-0.25, -0.2) is 4.79 Å². The topological polar surface area (TPSA) is 92.7 Å². The molecule has 17 heavy (non-hydrogen) atoms. The number of nitrogens with one attached hydrogen (secondary N) is 1. The lowest BCUT2D eigenvalue weighted by Gasteiger charge is -2.13. The van der Waals surface area contributed by atoms with E-state index in [0.29, 0.717) is 5.75 Å². The number of amides is 1. The number of esters is 1. The molecule has 0 aromatic heterocycles. The Hall–Kier alpha value is -1.24. The maximum atomic E-state index is 11.3. The summed E-state index contributed by atoms with van der Waals surface area (Å²) in [7, 11) is 1.23. The summed E-state index contributed by atoms with van der Waals surface area (Å²) in [6, 6.07) is -1.04. The van der Waals surface area contributed by atoms with Crippen LogP contribution in [0.1, 0.15) is 19.3 Å². The molecule has 1 atom stereocenters. The number of carboxylic acids is 1. The first-order valence-corrected chi connectivity index (χ1v) is 6.48. The van der Waals surface area contributed by atoms with Crippen molar-refractivity contribution in [1.29, 1.82) is 0 Å². The van der Waals surface area contributed by atoms with E-state index in [1.54, 1.807) is 0 Å². The molecule has 0 heterocycles. The highest BCUT2D eigenvalue weighted by atomic mass is 32.2. The molecule has 6 nitrogen and oxygen atoms in total. The van der Waals surface area contributed by atoms with E-state index in [-0.39, 0.29) is 25.2 Å². The highest BCUT2D eigenvalue weighted by molar-refractivity contribution is 7.98. The predicted octanol–water partition coefficient (Wildman–Crippen LogP) is 0.262. The van der Waals surface area contributed by atoms with E-state index in [1.807, 2.05) is 6.26 Å². The lowest BCUT2D eigenvalue weighted by molar-refractivity contribution is -0.144. The third kappa shape index (κ3) is 7.62. The maximum absolute atomic E-state index is 11.3. The smallest absolute Gasteiger partial charge is 0.326 e. The standard InChI is InChI=1S/C10H17NO5S/c1-16-9(13)4-3-7(10(14)15)11-8(12)5-6-17-2/h7H,3-6H2,1-2H3,(H,11,12)(H,14,15). The average molecular weight is 263 g/mol. The van der Waals surface area contributed by atoms with E-state index >= 15 is 0 Å². The molecule has 1 unspecified atom stereocenters. The molecule has 0 aliphatic carbocycles. The maximum Gasteiger partial charge on any atom is 0.326 e. The molecular formula is C10H17NO5S. The molecule has 0 aliphatic rings. The van der Waals surface area contributed by atoms with Crippen molar-refractivity contribution in [2.45, 2.75) is 25.3 Å². The Morgan fingerprint density at radius 3 is 2.47 bits per heavy atom. The molecule has 0 aromatic carbocycles. The first-order valence-electron chi connectivity index (χ1n) is 5.09. The summed E-state index contributed by atoms with van der Waals surface area (Å²) < 4.78 is 4.40. The van der Waals surface area contributed by atoms with Crippen molar-refractivity contribution >= 4 is 29.6 Å². The van der Waals surface area contributed by atoms with Crippen LogP contribution in [-0.4, -0.2) is 48.1 Å². The third-order valence-corrected chi connectivity index (χ3v) is 2.64. The number of aliphatic carboxylic acids is 1. The van der Waals surface area contributed by atoms with Crippen molar-refractivity contribution in [3.63, 3.8) is 0 Å². The third-order valence-electron chi connectivity index (χ3n) is 2.03. The van der Waals surface area contributed by atoms with Crippen LogP contribution in [0.25, 0.3) is 0 Å². The van der Waals surface area contributed by atoms with Crippen LogP contribution in [-0.2, 0) is 19.1 Å². The van der Waals surface area contributed by atoms with Crippen molar-refractivity contribution < 1.29 is 24.2 Å². The summed E-state index contributed by atoms with van der Waals surface area (Å²) in [5.41, 5.74) is 0. The van der Waals surface area contributed by atoms with E-state index in [1.165, 1.54) is 18.9 Å². The summed E-state index contributed by atoms with van der Waals surface area (Å²) in [5, 5.41) is 11.2. The number of ether oxygens (including phenoxy) is 1. The van der Waals surface area contributed by atoms with E-state index in [4.69, 9.17) is 5.11 Å². The fourth-order valence-electron chi connectivity index (χ4n) is 1.08. The van der Waals surface area contributed by atoms with Gasteiger partial charge in [-0.1, -0.05) is 0 Å². The monoisotopic (exact) mass is 263 g/mol. The van der Waals surface area contributed by atoms with Crippen molar-refractivity contribution in [1.82, 2.24) is 5.32 Å². The summed E-state index contributed by atoms with van der Waals surface area (Å²) in [4.78, 5) is 33.0. The molecule has 2 N–H and O–H groups in total. The number of hydrogen-bond acceptors (Lipinski definition) is 5. The molecule has 98 valence electrons. The SMILES string of the molecule is COC(=O)CCC(NC(=O)CCSC)C(=O)O. The van der Waals surface area contributed by atoms with Gasteiger partial charge in [-0.2, -0.15) is 11.8 Å². The number of hydrogen-bond donors (Lipinski definition) is 2. The first kappa shape index (κ1) is 15.8. The van der Waals surface area contributed by atoms with Gasteiger partial charge in [-0.05, 0) is 12.7 Å². The molecule has 0 bridgehead atoms. The molecule has 1 amide bonds.